The highest BCUT2D eigenvalue weighted by atomic mass is 16.6. The largest absolute Gasteiger partial charge is 0.479 e. The fourth-order valence-corrected chi connectivity index (χ4v) is 5.13. The number of epoxide rings is 2. The lowest BCUT2D eigenvalue weighted by Crippen LogP contribution is -2.21. The van der Waals surface area contributed by atoms with Crippen LogP contribution in [0.2, 0.25) is 0 Å². The third-order valence-electron chi connectivity index (χ3n) is 6.22. The molecule has 4 bridgehead atoms. The van der Waals surface area contributed by atoms with E-state index in [1.54, 1.807) is 0 Å². The molecule has 0 amide bonds. The number of ether oxygens (including phenoxy) is 3. The number of carbonyl (C=O) groups is 2. The molecule has 4 fully saturated rings. The molecular formula is C16H14O5. The molecule has 6 rings (SSSR count). The summed E-state index contributed by atoms with van der Waals surface area (Å²) in [6.07, 6.45) is 5.72. The first kappa shape index (κ1) is 10.9. The molecule has 4 atom stereocenters. The molecule has 0 aromatic heterocycles. The normalized spacial score (nSPS) is 46.1. The van der Waals surface area contributed by atoms with Gasteiger partial charge in [-0.05, 0) is 37.5 Å². The van der Waals surface area contributed by atoms with Gasteiger partial charge in [-0.3, -0.25) is 0 Å². The van der Waals surface area contributed by atoms with Crippen molar-refractivity contribution in [3.05, 3.63) is 22.7 Å². The van der Waals surface area contributed by atoms with Crippen molar-refractivity contribution in [2.24, 2.45) is 11.8 Å². The zero-order valence-corrected chi connectivity index (χ0v) is 11.4. The average Bonchev–Trinajstić information content (AvgIpc) is 3.08. The molecule has 2 saturated heterocycles. The maximum absolute atomic E-state index is 12.3. The number of esters is 2. The molecule has 0 aromatic carbocycles. The molecule has 6 aliphatic rings. The minimum atomic E-state index is -0.496. The van der Waals surface area contributed by atoms with Gasteiger partial charge in [-0.25, -0.2) is 9.59 Å². The van der Waals surface area contributed by atoms with E-state index < -0.39 is 11.9 Å². The van der Waals surface area contributed by atoms with Crippen LogP contribution in [0.5, 0.6) is 0 Å². The summed E-state index contributed by atoms with van der Waals surface area (Å²) in [7, 11) is 0. The monoisotopic (exact) mass is 286 g/mol. The lowest BCUT2D eigenvalue weighted by molar-refractivity contribution is -0.154. The summed E-state index contributed by atoms with van der Waals surface area (Å²) in [5, 5.41) is 0. The van der Waals surface area contributed by atoms with Gasteiger partial charge in [-0.15, -0.1) is 0 Å². The van der Waals surface area contributed by atoms with Gasteiger partial charge in [-0.1, -0.05) is 0 Å². The molecule has 0 N–H and O–H groups in total. The Morgan fingerprint density at radius 3 is 1.76 bits per heavy atom. The molecule has 2 aliphatic heterocycles. The predicted octanol–water partition coefficient (Wildman–Crippen LogP) is 1.73. The Bertz CT molecular complexity index is 656. The van der Waals surface area contributed by atoms with Gasteiger partial charge in [0.15, 0.2) is 22.7 Å². The van der Waals surface area contributed by atoms with Gasteiger partial charge in [-0.2, -0.15) is 0 Å². The average molecular weight is 286 g/mol. The Labute approximate surface area is 120 Å². The quantitative estimate of drug-likeness (QED) is 0.439. The molecule has 2 heterocycles. The fraction of sp³-hybridized carbons (Fsp3) is 0.625. The van der Waals surface area contributed by atoms with Gasteiger partial charge in [0.2, 0.25) is 0 Å². The fourth-order valence-electron chi connectivity index (χ4n) is 5.13. The number of hydrogen-bond acceptors (Lipinski definition) is 5. The third kappa shape index (κ3) is 1.09. The van der Waals surface area contributed by atoms with E-state index in [2.05, 4.69) is 0 Å². The summed E-state index contributed by atoms with van der Waals surface area (Å²) >= 11 is 0. The van der Waals surface area contributed by atoms with Crippen molar-refractivity contribution >= 4 is 11.9 Å². The van der Waals surface area contributed by atoms with Gasteiger partial charge < -0.3 is 14.2 Å². The van der Waals surface area contributed by atoms with Crippen molar-refractivity contribution in [2.45, 2.75) is 49.7 Å². The van der Waals surface area contributed by atoms with E-state index in [0.717, 1.165) is 50.0 Å². The smallest absolute Gasteiger partial charge is 0.345 e. The standard InChI is InChI=1S/C16H14O5/c17-13(9-7-1-3-15(5-7)11(9)20-15)19-14(18)10-8-2-4-16(6-8)12(10)21-16/h7-8H,1-6H2. The maximum atomic E-state index is 12.3. The summed E-state index contributed by atoms with van der Waals surface area (Å²) in [6, 6.07) is 0. The Kier molecular flexibility index (Phi) is 1.50. The molecule has 4 unspecified atom stereocenters. The van der Waals surface area contributed by atoms with Crippen molar-refractivity contribution < 1.29 is 23.8 Å². The van der Waals surface area contributed by atoms with Crippen LogP contribution in [0.4, 0.5) is 0 Å². The van der Waals surface area contributed by atoms with Crippen LogP contribution in [0.15, 0.2) is 22.7 Å². The summed E-state index contributed by atoms with van der Waals surface area (Å²) < 4.78 is 16.3. The molecule has 0 aromatic rings. The highest BCUT2D eigenvalue weighted by molar-refractivity contribution is 6.04. The number of hydrogen-bond donors (Lipinski definition) is 0. The minimum absolute atomic E-state index is 0.153. The van der Waals surface area contributed by atoms with Crippen LogP contribution < -0.4 is 0 Å². The van der Waals surface area contributed by atoms with E-state index in [0.29, 0.717) is 11.1 Å². The van der Waals surface area contributed by atoms with Crippen LogP contribution in [-0.2, 0) is 23.8 Å². The second kappa shape index (κ2) is 2.89. The van der Waals surface area contributed by atoms with Crippen LogP contribution in [0.3, 0.4) is 0 Å². The molecule has 0 radical (unpaired) electrons. The number of rotatable bonds is 2. The van der Waals surface area contributed by atoms with Crippen molar-refractivity contribution in [3.63, 3.8) is 0 Å². The Morgan fingerprint density at radius 2 is 1.38 bits per heavy atom. The highest BCUT2D eigenvalue weighted by Gasteiger charge is 2.68. The SMILES string of the molecule is O=C(OC(=O)C1=C2OC23CCC1C3)C1=C2OC23CCC1C3. The first-order valence-electron chi connectivity index (χ1n) is 7.76. The maximum Gasteiger partial charge on any atom is 0.345 e. The molecule has 5 nitrogen and oxygen atoms in total. The zero-order chi connectivity index (χ0) is 14.0. The Hall–Kier alpha value is -1.78. The molecule has 108 valence electrons. The van der Waals surface area contributed by atoms with Gasteiger partial charge in [0.1, 0.15) is 0 Å². The van der Waals surface area contributed by atoms with Crippen LogP contribution >= 0.6 is 0 Å². The summed E-state index contributed by atoms with van der Waals surface area (Å²) in [5.41, 5.74) is 0.935. The Morgan fingerprint density at radius 1 is 0.905 bits per heavy atom. The molecular weight excluding hydrogens is 272 g/mol. The Balaban J connectivity index is 1.27. The topological polar surface area (TPSA) is 68.4 Å². The number of carbonyl (C=O) groups excluding carboxylic acids is 2. The van der Waals surface area contributed by atoms with Gasteiger partial charge >= 0.3 is 11.9 Å². The zero-order valence-electron chi connectivity index (χ0n) is 11.4. The van der Waals surface area contributed by atoms with Crippen molar-refractivity contribution in [1.82, 2.24) is 0 Å². The van der Waals surface area contributed by atoms with Gasteiger partial charge in [0.05, 0.1) is 11.1 Å². The van der Waals surface area contributed by atoms with Crippen molar-refractivity contribution in [2.75, 3.05) is 0 Å². The lowest BCUT2D eigenvalue weighted by atomic mass is 9.97. The number of fused-ring (bicyclic) bond motifs is 2. The summed E-state index contributed by atoms with van der Waals surface area (Å²) in [6.45, 7) is 0. The van der Waals surface area contributed by atoms with Crippen molar-refractivity contribution in [1.29, 1.82) is 0 Å². The second-order valence-electron chi connectivity index (χ2n) is 7.23. The summed E-state index contributed by atoms with van der Waals surface area (Å²) in [4.78, 5) is 24.6. The second-order valence-corrected chi connectivity index (χ2v) is 7.23. The molecule has 5 heteroatoms. The minimum Gasteiger partial charge on any atom is -0.479 e. The van der Waals surface area contributed by atoms with Gasteiger partial charge in [0, 0.05) is 12.8 Å². The van der Waals surface area contributed by atoms with Crippen LogP contribution in [0.1, 0.15) is 38.5 Å². The van der Waals surface area contributed by atoms with Gasteiger partial charge in [0.25, 0.3) is 0 Å². The lowest BCUT2D eigenvalue weighted by Gasteiger charge is -2.13. The molecule has 2 saturated carbocycles. The first-order valence-corrected chi connectivity index (χ1v) is 7.76. The molecule has 2 spiro atoms. The van der Waals surface area contributed by atoms with E-state index in [4.69, 9.17) is 14.2 Å². The van der Waals surface area contributed by atoms with E-state index in [-0.39, 0.29) is 23.0 Å². The van der Waals surface area contributed by atoms with E-state index in [9.17, 15) is 9.59 Å². The van der Waals surface area contributed by atoms with Crippen LogP contribution in [-0.4, -0.2) is 23.1 Å². The van der Waals surface area contributed by atoms with Crippen molar-refractivity contribution in [3.8, 4) is 0 Å². The molecule has 21 heavy (non-hydrogen) atoms. The van der Waals surface area contributed by atoms with E-state index in [1.807, 2.05) is 0 Å². The van der Waals surface area contributed by atoms with Crippen LogP contribution in [0.25, 0.3) is 0 Å². The predicted molar refractivity (Wildman–Crippen MR) is 67.5 cm³/mol. The molecule has 4 aliphatic carbocycles. The highest BCUT2D eigenvalue weighted by Crippen LogP contribution is 2.66. The van der Waals surface area contributed by atoms with E-state index >= 15 is 0 Å². The van der Waals surface area contributed by atoms with E-state index in [1.165, 1.54) is 0 Å². The summed E-state index contributed by atoms with van der Waals surface area (Å²) in [5.74, 6) is 1.06. The third-order valence-corrected chi connectivity index (χ3v) is 6.22. The first-order chi connectivity index (χ1) is 10.1. The van der Waals surface area contributed by atoms with Crippen LogP contribution in [0, 0.1) is 11.8 Å².